The van der Waals surface area contributed by atoms with E-state index in [0.717, 1.165) is 8.66 Å². The Balaban J connectivity index is 0.00000225. The number of hydrogen-bond acceptors (Lipinski definition) is 3. The van der Waals surface area contributed by atoms with Gasteiger partial charge in [-0.15, -0.1) is 23.7 Å². The summed E-state index contributed by atoms with van der Waals surface area (Å²) in [7, 11) is 0. The zero-order chi connectivity index (χ0) is 11.4. The lowest BCUT2D eigenvalue weighted by atomic mass is 10.1. The summed E-state index contributed by atoms with van der Waals surface area (Å²) < 4.78 is 1.05. The van der Waals surface area contributed by atoms with E-state index < -0.39 is 0 Å². The van der Waals surface area contributed by atoms with Crippen LogP contribution >= 0.6 is 39.7 Å². The average molecular weight is 328 g/mol. The van der Waals surface area contributed by atoms with Gasteiger partial charge in [-0.05, 0) is 41.9 Å². The van der Waals surface area contributed by atoms with E-state index in [1.54, 1.807) is 11.3 Å². The number of rotatable bonds is 4. The minimum Gasteiger partial charge on any atom is -0.352 e. The number of amides is 1. The van der Waals surface area contributed by atoms with E-state index in [0.29, 0.717) is 6.54 Å². The van der Waals surface area contributed by atoms with Gasteiger partial charge in [-0.25, -0.2) is 0 Å². The first kappa shape index (κ1) is 15.9. The fourth-order valence-electron chi connectivity index (χ4n) is 1.12. The Morgan fingerprint density at radius 2 is 2.19 bits per heavy atom. The van der Waals surface area contributed by atoms with Crippen LogP contribution in [-0.2, 0) is 4.79 Å². The monoisotopic (exact) mass is 326 g/mol. The Morgan fingerprint density at radius 1 is 1.56 bits per heavy atom. The third kappa shape index (κ3) is 4.41. The lowest BCUT2D eigenvalue weighted by Crippen LogP contribution is -2.39. The van der Waals surface area contributed by atoms with E-state index in [1.807, 2.05) is 26.0 Å². The summed E-state index contributed by atoms with van der Waals surface area (Å²) >= 11 is 4.96. The number of carbonyl (C=O) groups excluding carboxylic acids is 1. The molecule has 3 nitrogen and oxygen atoms in total. The van der Waals surface area contributed by atoms with Gasteiger partial charge >= 0.3 is 0 Å². The van der Waals surface area contributed by atoms with Gasteiger partial charge in [0, 0.05) is 17.5 Å². The van der Waals surface area contributed by atoms with Gasteiger partial charge in [0.05, 0.1) is 9.70 Å². The van der Waals surface area contributed by atoms with Crippen LogP contribution in [0.2, 0.25) is 0 Å². The summed E-state index contributed by atoms with van der Waals surface area (Å²) in [6.07, 6.45) is 0. The van der Waals surface area contributed by atoms with Gasteiger partial charge in [-0.2, -0.15) is 0 Å². The fraction of sp³-hybridized carbons (Fsp3) is 0.500. The molecule has 2 atom stereocenters. The molecule has 1 aromatic heterocycles. The molecule has 0 bridgehead atoms. The van der Waals surface area contributed by atoms with Crippen LogP contribution in [0.1, 0.15) is 24.6 Å². The van der Waals surface area contributed by atoms with E-state index >= 15 is 0 Å². The smallest absolute Gasteiger partial charge is 0.228 e. The molecule has 0 saturated carbocycles. The number of nitrogens with one attached hydrogen (secondary N) is 1. The van der Waals surface area contributed by atoms with Crippen LogP contribution in [0, 0.1) is 0 Å². The molecule has 0 aliphatic heterocycles. The predicted molar refractivity (Wildman–Crippen MR) is 74.3 cm³/mol. The second-order valence-corrected chi connectivity index (χ2v) is 6.00. The Bertz CT molecular complexity index is 345. The van der Waals surface area contributed by atoms with Crippen LogP contribution in [0.25, 0.3) is 0 Å². The number of carbonyl (C=O) groups is 1. The molecule has 0 radical (unpaired) electrons. The molecule has 92 valence electrons. The standard InChI is InChI=1S/C10H15BrN2OS.ClH/c1-6(5-12)13-10(14)7(2)8-3-4-9(11)15-8;/h3-4,6-7H,5,12H2,1-2H3,(H,13,14);1H/t6-,7?;/m1./s1. The molecule has 3 N–H and O–H groups in total. The lowest BCUT2D eigenvalue weighted by Gasteiger charge is -2.15. The Kier molecular flexibility index (Phi) is 7.22. The average Bonchev–Trinajstić information content (AvgIpc) is 2.63. The second-order valence-electron chi connectivity index (χ2n) is 3.51. The van der Waals surface area contributed by atoms with Gasteiger partial charge in [0.2, 0.25) is 5.91 Å². The SMILES string of the molecule is CC(C(=O)N[C@H](C)CN)c1ccc(Br)s1.Cl. The van der Waals surface area contributed by atoms with Crippen LogP contribution in [0.4, 0.5) is 0 Å². The molecule has 16 heavy (non-hydrogen) atoms. The first-order chi connectivity index (χ1) is 7.04. The zero-order valence-corrected chi connectivity index (χ0v) is 12.4. The van der Waals surface area contributed by atoms with Crippen molar-refractivity contribution in [3.63, 3.8) is 0 Å². The topological polar surface area (TPSA) is 55.1 Å². The summed E-state index contributed by atoms with van der Waals surface area (Å²) in [5, 5.41) is 2.86. The zero-order valence-electron chi connectivity index (χ0n) is 9.20. The van der Waals surface area contributed by atoms with Crippen LogP contribution in [0.3, 0.4) is 0 Å². The molecule has 1 amide bonds. The summed E-state index contributed by atoms with van der Waals surface area (Å²) in [4.78, 5) is 12.8. The van der Waals surface area contributed by atoms with Crippen LogP contribution in [-0.4, -0.2) is 18.5 Å². The van der Waals surface area contributed by atoms with E-state index in [4.69, 9.17) is 5.73 Å². The Morgan fingerprint density at radius 3 is 2.62 bits per heavy atom. The predicted octanol–water partition coefficient (Wildman–Crippen LogP) is 2.50. The van der Waals surface area contributed by atoms with Gasteiger partial charge in [0.25, 0.3) is 0 Å². The van der Waals surface area contributed by atoms with Crippen molar-refractivity contribution in [3.05, 3.63) is 20.8 Å². The van der Waals surface area contributed by atoms with Crippen molar-refractivity contribution in [1.29, 1.82) is 0 Å². The van der Waals surface area contributed by atoms with Crippen molar-refractivity contribution in [3.8, 4) is 0 Å². The molecule has 0 aliphatic carbocycles. The first-order valence-electron chi connectivity index (χ1n) is 4.80. The van der Waals surface area contributed by atoms with Gasteiger partial charge < -0.3 is 11.1 Å². The number of halogens is 2. The summed E-state index contributed by atoms with van der Waals surface area (Å²) in [5.74, 6) is -0.0856. The van der Waals surface area contributed by atoms with Crippen molar-refractivity contribution in [2.45, 2.75) is 25.8 Å². The fourth-order valence-corrected chi connectivity index (χ4v) is 2.59. The molecule has 0 aromatic carbocycles. The second kappa shape index (κ2) is 7.27. The van der Waals surface area contributed by atoms with E-state index in [2.05, 4.69) is 21.2 Å². The largest absolute Gasteiger partial charge is 0.352 e. The molecule has 0 spiro atoms. The highest BCUT2D eigenvalue weighted by molar-refractivity contribution is 9.11. The highest BCUT2D eigenvalue weighted by Crippen LogP contribution is 2.28. The normalized spacial score (nSPS) is 13.8. The Hall–Kier alpha value is -0.100. The minimum absolute atomic E-state index is 0. The maximum Gasteiger partial charge on any atom is 0.228 e. The Labute approximate surface area is 114 Å². The molecule has 1 aromatic rings. The van der Waals surface area contributed by atoms with E-state index in [-0.39, 0.29) is 30.3 Å². The third-order valence-corrected chi connectivity index (χ3v) is 3.96. The number of nitrogens with two attached hydrogens (primary N) is 1. The number of hydrogen-bond donors (Lipinski definition) is 2. The number of thiophene rings is 1. The highest BCUT2D eigenvalue weighted by atomic mass is 79.9. The van der Waals surface area contributed by atoms with Crippen LogP contribution < -0.4 is 11.1 Å². The molecule has 1 unspecified atom stereocenters. The van der Waals surface area contributed by atoms with Gasteiger partial charge in [0.1, 0.15) is 0 Å². The van der Waals surface area contributed by atoms with Gasteiger partial charge in [0.15, 0.2) is 0 Å². The third-order valence-electron chi connectivity index (χ3n) is 2.16. The maximum absolute atomic E-state index is 11.7. The van der Waals surface area contributed by atoms with Crippen molar-refractivity contribution in [2.75, 3.05) is 6.54 Å². The van der Waals surface area contributed by atoms with Crippen molar-refractivity contribution < 1.29 is 4.79 Å². The van der Waals surface area contributed by atoms with Crippen molar-refractivity contribution >= 4 is 45.6 Å². The van der Waals surface area contributed by atoms with E-state index in [1.165, 1.54) is 0 Å². The highest BCUT2D eigenvalue weighted by Gasteiger charge is 2.17. The molecular weight excluding hydrogens is 312 g/mol. The summed E-state index contributed by atoms with van der Waals surface area (Å²) in [6, 6.07) is 3.95. The molecule has 1 rings (SSSR count). The molecular formula is C10H16BrClN2OS. The van der Waals surface area contributed by atoms with Crippen molar-refractivity contribution in [1.82, 2.24) is 5.32 Å². The molecule has 1 heterocycles. The van der Waals surface area contributed by atoms with Crippen LogP contribution in [0.15, 0.2) is 15.9 Å². The molecule has 6 heteroatoms. The molecule has 0 aliphatic rings. The van der Waals surface area contributed by atoms with Gasteiger partial charge in [-0.3, -0.25) is 4.79 Å². The minimum atomic E-state index is -0.115. The van der Waals surface area contributed by atoms with Crippen molar-refractivity contribution in [2.24, 2.45) is 5.73 Å². The van der Waals surface area contributed by atoms with Crippen LogP contribution in [0.5, 0.6) is 0 Å². The first-order valence-corrected chi connectivity index (χ1v) is 6.41. The molecule has 0 fully saturated rings. The van der Waals surface area contributed by atoms with E-state index in [9.17, 15) is 4.79 Å². The lowest BCUT2D eigenvalue weighted by molar-refractivity contribution is -0.122. The van der Waals surface area contributed by atoms with Gasteiger partial charge in [-0.1, -0.05) is 0 Å². The quantitative estimate of drug-likeness (QED) is 0.893. The molecule has 0 saturated heterocycles. The summed E-state index contributed by atoms with van der Waals surface area (Å²) in [5.41, 5.74) is 5.44. The summed E-state index contributed by atoms with van der Waals surface area (Å²) in [6.45, 7) is 4.26. The maximum atomic E-state index is 11.7.